The number of anilines is 4. The zero-order chi connectivity index (χ0) is 23.9. The smallest absolute Gasteiger partial charge is 0.229 e. The van der Waals surface area contributed by atoms with Crippen molar-refractivity contribution >= 4 is 63.8 Å². The molecule has 1 fully saturated rings. The van der Waals surface area contributed by atoms with E-state index in [-0.39, 0.29) is 5.82 Å². The fourth-order valence-electron chi connectivity index (χ4n) is 4.62. The van der Waals surface area contributed by atoms with Crippen molar-refractivity contribution in [3.05, 3.63) is 69.6 Å². The van der Waals surface area contributed by atoms with Crippen molar-refractivity contribution < 1.29 is 4.39 Å². The molecule has 7 nitrogen and oxygen atoms in total. The van der Waals surface area contributed by atoms with Crippen LogP contribution in [-0.4, -0.2) is 55.1 Å². The van der Waals surface area contributed by atoms with Crippen molar-refractivity contribution in [2.45, 2.75) is 0 Å². The van der Waals surface area contributed by atoms with Crippen LogP contribution >= 0.6 is 23.2 Å². The predicted octanol–water partition coefficient (Wildman–Crippen LogP) is 4.85. The molecular weight excluding hydrogens is 488 g/mol. The van der Waals surface area contributed by atoms with Crippen LogP contribution in [0.1, 0.15) is 11.1 Å². The SMILES string of the molecule is Fc1cc(N2CCNCC2)ccc1Nc1ncc2c(n1)N1CCN=C1C(c1ccc(Cl)cc1Cl)=C2. The van der Waals surface area contributed by atoms with Crippen LogP contribution in [0.15, 0.2) is 47.6 Å². The fourth-order valence-corrected chi connectivity index (χ4v) is 5.13. The molecule has 0 bridgehead atoms. The molecule has 2 aromatic carbocycles. The van der Waals surface area contributed by atoms with Gasteiger partial charge in [0.1, 0.15) is 17.5 Å². The lowest BCUT2D eigenvalue weighted by atomic mass is 9.98. The van der Waals surface area contributed by atoms with Crippen molar-refractivity contribution in [1.29, 1.82) is 0 Å². The molecule has 3 aliphatic rings. The largest absolute Gasteiger partial charge is 0.369 e. The summed E-state index contributed by atoms with van der Waals surface area (Å²) >= 11 is 12.6. The molecule has 2 N–H and O–H groups in total. The molecule has 3 aromatic rings. The number of hydrogen-bond donors (Lipinski definition) is 2. The molecule has 0 atom stereocenters. The van der Waals surface area contributed by atoms with Crippen molar-refractivity contribution in [3.63, 3.8) is 0 Å². The number of amidine groups is 1. The van der Waals surface area contributed by atoms with Crippen LogP contribution in [0.25, 0.3) is 11.6 Å². The van der Waals surface area contributed by atoms with E-state index in [0.717, 1.165) is 60.2 Å². The molecule has 10 heteroatoms. The minimum Gasteiger partial charge on any atom is -0.369 e. The summed E-state index contributed by atoms with van der Waals surface area (Å²) in [5.74, 6) is 1.51. The summed E-state index contributed by atoms with van der Waals surface area (Å²) in [6.07, 6.45) is 3.72. The molecule has 178 valence electrons. The minimum absolute atomic E-state index is 0.324. The Bertz CT molecular complexity index is 1370. The zero-order valence-electron chi connectivity index (χ0n) is 18.7. The van der Waals surface area contributed by atoms with Crippen LogP contribution in [0.2, 0.25) is 10.0 Å². The van der Waals surface area contributed by atoms with Crippen LogP contribution < -0.4 is 20.4 Å². The van der Waals surface area contributed by atoms with Crippen LogP contribution in [0.5, 0.6) is 0 Å². The molecule has 0 spiro atoms. The summed E-state index contributed by atoms with van der Waals surface area (Å²) in [5, 5.41) is 7.48. The molecular formula is C25H22Cl2FN7. The van der Waals surface area contributed by atoms with E-state index in [0.29, 0.717) is 34.8 Å². The summed E-state index contributed by atoms with van der Waals surface area (Å²) in [6, 6.07) is 10.6. The van der Waals surface area contributed by atoms with E-state index in [9.17, 15) is 4.39 Å². The topological polar surface area (TPSA) is 68.7 Å². The third kappa shape index (κ3) is 4.22. The fraction of sp³-hybridized carbons (Fsp3) is 0.240. The molecule has 0 unspecified atom stereocenters. The van der Waals surface area contributed by atoms with Gasteiger partial charge in [0.25, 0.3) is 0 Å². The Morgan fingerprint density at radius 1 is 1.03 bits per heavy atom. The zero-order valence-corrected chi connectivity index (χ0v) is 20.2. The summed E-state index contributed by atoms with van der Waals surface area (Å²) < 4.78 is 14.9. The summed E-state index contributed by atoms with van der Waals surface area (Å²) in [4.78, 5) is 18.1. The van der Waals surface area contributed by atoms with Crippen molar-refractivity contribution in [2.24, 2.45) is 4.99 Å². The number of fused-ring (bicyclic) bond motifs is 3. The monoisotopic (exact) mass is 509 g/mol. The number of nitrogens with one attached hydrogen (secondary N) is 2. The molecule has 0 aliphatic carbocycles. The van der Waals surface area contributed by atoms with Gasteiger partial charge in [0.2, 0.25) is 5.95 Å². The number of nitrogens with zero attached hydrogens (tertiary/aromatic N) is 5. The van der Waals surface area contributed by atoms with E-state index in [4.69, 9.17) is 33.2 Å². The van der Waals surface area contributed by atoms with E-state index >= 15 is 0 Å². The molecule has 4 heterocycles. The van der Waals surface area contributed by atoms with Crippen molar-refractivity contribution in [1.82, 2.24) is 15.3 Å². The molecule has 0 radical (unpaired) electrons. The Hall–Kier alpha value is -3.20. The third-order valence-electron chi connectivity index (χ3n) is 6.34. The Morgan fingerprint density at radius 3 is 2.69 bits per heavy atom. The number of aliphatic imine (C=N–C) groups is 1. The molecule has 3 aliphatic heterocycles. The highest BCUT2D eigenvalue weighted by Crippen LogP contribution is 2.38. The maximum absolute atomic E-state index is 14.9. The first-order chi connectivity index (χ1) is 17.1. The van der Waals surface area contributed by atoms with Crippen LogP contribution in [0.4, 0.5) is 27.5 Å². The van der Waals surface area contributed by atoms with Gasteiger partial charge in [0, 0.05) is 66.3 Å². The average molecular weight is 510 g/mol. The highest BCUT2D eigenvalue weighted by Gasteiger charge is 2.31. The van der Waals surface area contributed by atoms with E-state index in [1.165, 1.54) is 0 Å². The summed E-state index contributed by atoms with van der Waals surface area (Å²) in [5.41, 5.74) is 3.79. The lowest BCUT2D eigenvalue weighted by molar-refractivity contribution is 0.585. The van der Waals surface area contributed by atoms with E-state index in [1.807, 2.05) is 29.2 Å². The predicted molar refractivity (Wildman–Crippen MR) is 141 cm³/mol. The molecule has 0 amide bonds. The van der Waals surface area contributed by atoms with Gasteiger partial charge < -0.3 is 20.4 Å². The van der Waals surface area contributed by atoms with Gasteiger partial charge in [-0.25, -0.2) is 9.37 Å². The van der Waals surface area contributed by atoms with Crippen LogP contribution in [0.3, 0.4) is 0 Å². The lowest BCUT2D eigenvalue weighted by Gasteiger charge is -2.29. The minimum atomic E-state index is -0.342. The van der Waals surface area contributed by atoms with E-state index < -0.39 is 0 Å². The van der Waals surface area contributed by atoms with Gasteiger partial charge in [0.05, 0.1) is 17.3 Å². The van der Waals surface area contributed by atoms with Gasteiger partial charge in [-0.15, -0.1) is 0 Å². The average Bonchev–Trinajstić information content (AvgIpc) is 3.36. The third-order valence-corrected chi connectivity index (χ3v) is 6.88. The first kappa shape index (κ1) is 22.3. The summed E-state index contributed by atoms with van der Waals surface area (Å²) in [6.45, 7) is 4.84. The first-order valence-corrected chi connectivity index (χ1v) is 12.2. The van der Waals surface area contributed by atoms with Gasteiger partial charge in [0.15, 0.2) is 0 Å². The second-order valence-electron chi connectivity index (χ2n) is 8.54. The second kappa shape index (κ2) is 9.11. The lowest BCUT2D eigenvalue weighted by Crippen LogP contribution is -2.43. The number of aromatic nitrogens is 2. The highest BCUT2D eigenvalue weighted by atomic mass is 35.5. The molecule has 1 saturated heterocycles. The second-order valence-corrected chi connectivity index (χ2v) is 9.38. The molecule has 6 rings (SSSR count). The summed E-state index contributed by atoms with van der Waals surface area (Å²) in [7, 11) is 0. The molecule has 35 heavy (non-hydrogen) atoms. The number of piperazine rings is 1. The van der Waals surface area contributed by atoms with Crippen molar-refractivity contribution in [2.75, 3.05) is 54.4 Å². The standard InChI is InChI=1S/C25H22Cl2FN7/c26-16-1-3-18(20(27)12-16)19-11-15-14-31-25(33-23(15)35-10-7-30-24(19)35)32-22-4-2-17(13-21(22)28)34-8-5-29-6-9-34/h1-4,11-14,29H,5-10H2,(H,31,32,33). The molecule has 1 aromatic heterocycles. The number of rotatable bonds is 4. The van der Waals surface area contributed by atoms with Crippen LogP contribution in [-0.2, 0) is 0 Å². The van der Waals surface area contributed by atoms with Gasteiger partial charge in [-0.05, 0) is 36.4 Å². The maximum Gasteiger partial charge on any atom is 0.229 e. The Balaban J connectivity index is 1.30. The van der Waals surface area contributed by atoms with Crippen molar-refractivity contribution in [3.8, 4) is 0 Å². The van der Waals surface area contributed by atoms with E-state index in [1.54, 1.807) is 24.4 Å². The number of hydrogen-bond acceptors (Lipinski definition) is 7. The van der Waals surface area contributed by atoms with Gasteiger partial charge in [-0.3, -0.25) is 4.99 Å². The van der Waals surface area contributed by atoms with E-state index in [2.05, 4.69) is 20.5 Å². The maximum atomic E-state index is 14.9. The first-order valence-electron chi connectivity index (χ1n) is 11.5. The Morgan fingerprint density at radius 2 is 1.89 bits per heavy atom. The quantitative estimate of drug-likeness (QED) is 0.523. The molecule has 0 saturated carbocycles. The highest BCUT2D eigenvalue weighted by molar-refractivity contribution is 6.41. The Kier molecular flexibility index (Phi) is 5.80. The normalized spacial score (nSPS) is 17.0. The van der Waals surface area contributed by atoms with Gasteiger partial charge >= 0.3 is 0 Å². The Labute approximate surface area is 212 Å². The van der Waals surface area contributed by atoms with Crippen LogP contribution in [0, 0.1) is 5.82 Å². The van der Waals surface area contributed by atoms with Gasteiger partial charge in [-0.2, -0.15) is 4.98 Å². The van der Waals surface area contributed by atoms with Gasteiger partial charge in [-0.1, -0.05) is 29.3 Å². The number of halogens is 3. The number of benzene rings is 2.